The summed E-state index contributed by atoms with van der Waals surface area (Å²) < 4.78 is 52.7. The van der Waals surface area contributed by atoms with Gasteiger partial charge in [-0.25, -0.2) is 17.2 Å². The Morgan fingerprint density at radius 1 is 1.48 bits per heavy atom. The molecule has 120 valence electrons. The molecule has 1 fully saturated rings. The monoisotopic (exact) mass is 320 g/mol. The van der Waals surface area contributed by atoms with Crippen LogP contribution in [0.4, 0.5) is 8.78 Å². The molecule has 0 spiro atoms. The van der Waals surface area contributed by atoms with E-state index >= 15 is 0 Å². The van der Waals surface area contributed by atoms with Gasteiger partial charge in [-0.15, -0.1) is 0 Å². The highest BCUT2D eigenvalue weighted by atomic mass is 32.2. The number of hydrogen-bond acceptors (Lipinski definition) is 3. The Morgan fingerprint density at radius 3 is 2.76 bits per heavy atom. The lowest BCUT2D eigenvalue weighted by Gasteiger charge is -2.28. The van der Waals surface area contributed by atoms with Crippen LogP contribution in [0, 0.1) is 5.92 Å². The smallest absolute Gasteiger partial charge is 0.248 e. The zero-order valence-corrected chi connectivity index (χ0v) is 13.2. The maximum Gasteiger partial charge on any atom is 0.248 e. The first-order valence-corrected chi connectivity index (χ1v) is 9.11. The predicted octanol–water partition coefficient (Wildman–Crippen LogP) is 3.20. The molecule has 0 amide bonds. The lowest BCUT2D eigenvalue weighted by atomic mass is 9.88. The average Bonchev–Trinajstić information content (AvgIpc) is 2.74. The van der Waals surface area contributed by atoms with Crippen molar-refractivity contribution in [3.05, 3.63) is 18.0 Å². The summed E-state index contributed by atoms with van der Waals surface area (Å²) in [6.07, 6.45) is 2.27. The molecule has 1 aliphatic carbocycles. The van der Waals surface area contributed by atoms with Crippen molar-refractivity contribution in [2.75, 3.05) is 5.75 Å². The third-order valence-corrected chi connectivity index (χ3v) is 5.51. The van der Waals surface area contributed by atoms with E-state index in [1.165, 1.54) is 0 Å². The molecule has 1 aliphatic rings. The topological polar surface area (TPSA) is 52.0 Å². The first-order chi connectivity index (χ1) is 9.67. The molecule has 2 rings (SSSR count). The molecule has 1 unspecified atom stereocenters. The summed E-state index contributed by atoms with van der Waals surface area (Å²) in [5, 5.41) is 4.21. The van der Waals surface area contributed by atoms with E-state index in [1.54, 1.807) is 16.9 Å². The zero-order chi connectivity index (χ0) is 15.7. The maximum atomic E-state index is 13.3. The van der Waals surface area contributed by atoms with Crippen molar-refractivity contribution >= 4 is 9.84 Å². The van der Waals surface area contributed by atoms with Crippen LogP contribution >= 0.6 is 0 Å². The van der Waals surface area contributed by atoms with E-state index in [9.17, 15) is 17.2 Å². The fourth-order valence-electron chi connectivity index (χ4n) is 2.80. The third-order valence-electron chi connectivity index (χ3n) is 3.79. The van der Waals surface area contributed by atoms with Crippen LogP contribution in [0.2, 0.25) is 0 Å². The van der Waals surface area contributed by atoms with E-state index in [2.05, 4.69) is 5.10 Å². The molecule has 1 aromatic rings. The number of sulfone groups is 1. The largest absolute Gasteiger partial charge is 0.270 e. The molecule has 1 heterocycles. The summed E-state index contributed by atoms with van der Waals surface area (Å²) in [4.78, 5) is 0. The number of rotatable bonds is 5. The summed E-state index contributed by atoms with van der Waals surface area (Å²) in [5.41, 5.74) is 0.478. The Bertz CT molecular complexity index is 582. The van der Waals surface area contributed by atoms with E-state index in [0.29, 0.717) is 18.5 Å². The second-order valence-electron chi connectivity index (χ2n) is 6.25. The Hall–Kier alpha value is -0.980. The van der Waals surface area contributed by atoms with Crippen LogP contribution in [0.15, 0.2) is 12.3 Å². The Balaban J connectivity index is 1.98. The van der Waals surface area contributed by atoms with Crippen molar-refractivity contribution in [1.82, 2.24) is 9.78 Å². The number of nitrogens with zero attached hydrogens (tertiary/aromatic N) is 2. The summed E-state index contributed by atoms with van der Waals surface area (Å²) in [5.74, 6) is -3.49. The summed E-state index contributed by atoms with van der Waals surface area (Å²) in [6.45, 7) is 3.91. The van der Waals surface area contributed by atoms with Gasteiger partial charge in [0.1, 0.15) is 0 Å². The van der Waals surface area contributed by atoms with Gasteiger partial charge in [-0.2, -0.15) is 5.10 Å². The van der Waals surface area contributed by atoms with Gasteiger partial charge in [0.2, 0.25) is 5.92 Å². The van der Waals surface area contributed by atoms with Crippen LogP contribution < -0.4 is 0 Å². The first-order valence-electron chi connectivity index (χ1n) is 7.29. The van der Waals surface area contributed by atoms with E-state index in [1.807, 2.05) is 13.8 Å². The lowest BCUT2D eigenvalue weighted by molar-refractivity contribution is -0.0489. The number of aromatic nitrogens is 2. The van der Waals surface area contributed by atoms with Gasteiger partial charge in [-0.3, -0.25) is 4.68 Å². The molecular formula is C14H22F2N2O2S. The molecule has 1 atom stereocenters. The molecule has 7 heteroatoms. The fourth-order valence-corrected chi connectivity index (χ4v) is 4.53. The lowest BCUT2D eigenvalue weighted by Crippen LogP contribution is -2.30. The van der Waals surface area contributed by atoms with E-state index in [0.717, 1.165) is 0 Å². The van der Waals surface area contributed by atoms with Gasteiger partial charge in [0, 0.05) is 25.1 Å². The standard InChI is InChI=1S/C14H22F2N2O2S/c1-11(2)18-7-5-13(17-18)10-21(19,20)9-12-4-3-6-14(15,16)8-12/h5,7,11-12H,3-4,6,8-10H2,1-2H3. The van der Waals surface area contributed by atoms with Crippen LogP contribution in [0.5, 0.6) is 0 Å². The summed E-state index contributed by atoms with van der Waals surface area (Å²) in [7, 11) is -3.41. The van der Waals surface area contributed by atoms with Crippen molar-refractivity contribution in [3.63, 3.8) is 0 Å². The van der Waals surface area contributed by atoms with Gasteiger partial charge in [-0.05, 0) is 38.7 Å². The van der Waals surface area contributed by atoms with Crippen molar-refractivity contribution in [2.24, 2.45) is 5.92 Å². The second kappa shape index (κ2) is 6.02. The van der Waals surface area contributed by atoms with Crippen LogP contribution in [-0.2, 0) is 15.6 Å². The number of halogens is 2. The molecule has 0 saturated heterocycles. The van der Waals surface area contributed by atoms with Gasteiger partial charge in [0.25, 0.3) is 0 Å². The predicted molar refractivity (Wildman–Crippen MR) is 77.0 cm³/mol. The quantitative estimate of drug-likeness (QED) is 0.837. The SMILES string of the molecule is CC(C)n1ccc(CS(=O)(=O)CC2CCCC(F)(F)C2)n1. The molecule has 0 aliphatic heterocycles. The Morgan fingerprint density at radius 2 is 2.19 bits per heavy atom. The second-order valence-corrected chi connectivity index (χ2v) is 8.36. The van der Waals surface area contributed by atoms with Crippen LogP contribution in [0.25, 0.3) is 0 Å². The van der Waals surface area contributed by atoms with E-state index < -0.39 is 21.7 Å². The molecule has 0 aromatic carbocycles. The van der Waals surface area contributed by atoms with Gasteiger partial charge >= 0.3 is 0 Å². The molecule has 1 saturated carbocycles. The van der Waals surface area contributed by atoms with E-state index in [-0.39, 0.29) is 30.4 Å². The molecule has 0 N–H and O–H groups in total. The Labute approximate surface area is 124 Å². The number of hydrogen-bond donors (Lipinski definition) is 0. The van der Waals surface area contributed by atoms with Gasteiger partial charge in [0.15, 0.2) is 9.84 Å². The molecule has 1 aromatic heterocycles. The normalized spacial score (nSPS) is 22.6. The van der Waals surface area contributed by atoms with Gasteiger partial charge < -0.3 is 0 Å². The molecule has 0 radical (unpaired) electrons. The molecule has 4 nitrogen and oxygen atoms in total. The number of alkyl halides is 2. The van der Waals surface area contributed by atoms with Crippen molar-refractivity contribution in [3.8, 4) is 0 Å². The maximum absolute atomic E-state index is 13.3. The fraction of sp³-hybridized carbons (Fsp3) is 0.786. The minimum Gasteiger partial charge on any atom is -0.270 e. The minimum atomic E-state index is -3.41. The van der Waals surface area contributed by atoms with Gasteiger partial charge in [0.05, 0.1) is 17.2 Å². The highest BCUT2D eigenvalue weighted by molar-refractivity contribution is 7.90. The molecule has 21 heavy (non-hydrogen) atoms. The minimum absolute atomic E-state index is 0.123. The first kappa shape index (κ1) is 16.4. The third kappa shape index (κ3) is 4.76. The highest BCUT2D eigenvalue weighted by Gasteiger charge is 2.37. The van der Waals surface area contributed by atoms with Crippen molar-refractivity contribution in [1.29, 1.82) is 0 Å². The zero-order valence-electron chi connectivity index (χ0n) is 12.4. The van der Waals surface area contributed by atoms with Crippen LogP contribution in [0.1, 0.15) is 51.3 Å². The van der Waals surface area contributed by atoms with Crippen molar-refractivity contribution in [2.45, 2.75) is 57.2 Å². The average molecular weight is 320 g/mol. The summed E-state index contributed by atoms with van der Waals surface area (Å²) in [6, 6.07) is 1.84. The van der Waals surface area contributed by atoms with Crippen LogP contribution in [-0.4, -0.2) is 29.9 Å². The summed E-state index contributed by atoms with van der Waals surface area (Å²) >= 11 is 0. The Kier molecular flexibility index (Phi) is 4.70. The molecule has 0 bridgehead atoms. The van der Waals surface area contributed by atoms with Crippen molar-refractivity contribution < 1.29 is 17.2 Å². The highest BCUT2D eigenvalue weighted by Crippen LogP contribution is 2.37. The van der Waals surface area contributed by atoms with Gasteiger partial charge in [-0.1, -0.05) is 0 Å². The van der Waals surface area contributed by atoms with Crippen LogP contribution in [0.3, 0.4) is 0 Å². The van der Waals surface area contributed by atoms with E-state index in [4.69, 9.17) is 0 Å². The molecular weight excluding hydrogens is 298 g/mol.